The molecule has 0 bridgehead atoms. The van der Waals surface area contributed by atoms with Crippen LogP contribution in [0.1, 0.15) is 23.3 Å². The Hall–Kier alpha value is -2.11. The first kappa shape index (κ1) is 17.3. The zero-order chi connectivity index (χ0) is 17.9. The van der Waals surface area contributed by atoms with Gasteiger partial charge in [-0.05, 0) is 35.9 Å². The molecular formula is C21H24N2O2S. The van der Waals surface area contributed by atoms with Crippen molar-refractivity contribution >= 4 is 28.1 Å². The highest BCUT2D eigenvalue weighted by Gasteiger charge is 2.27. The Morgan fingerprint density at radius 2 is 2.04 bits per heavy atom. The van der Waals surface area contributed by atoms with E-state index >= 15 is 0 Å². The monoisotopic (exact) mass is 368 g/mol. The average molecular weight is 369 g/mol. The molecule has 1 amide bonds. The van der Waals surface area contributed by atoms with E-state index in [2.05, 4.69) is 45.3 Å². The maximum absolute atomic E-state index is 13.3. The van der Waals surface area contributed by atoms with Crippen LogP contribution in [-0.2, 0) is 29.5 Å². The van der Waals surface area contributed by atoms with Crippen molar-refractivity contribution in [2.45, 2.75) is 31.8 Å². The topological polar surface area (TPSA) is 34.5 Å². The number of aryl methyl sites for hydroxylation is 1. The highest BCUT2D eigenvalue weighted by atomic mass is 32.1. The lowest BCUT2D eigenvalue weighted by molar-refractivity contribution is -0.135. The van der Waals surface area contributed by atoms with Crippen LogP contribution >= 0.6 is 11.3 Å². The lowest BCUT2D eigenvalue weighted by Gasteiger charge is -2.34. The first-order valence-electron chi connectivity index (χ1n) is 9.15. The van der Waals surface area contributed by atoms with Crippen LogP contribution in [0.25, 0.3) is 10.9 Å². The van der Waals surface area contributed by atoms with Gasteiger partial charge in [0, 0.05) is 48.3 Å². The van der Waals surface area contributed by atoms with Crippen molar-refractivity contribution in [3.8, 4) is 0 Å². The van der Waals surface area contributed by atoms with Gasteiger partial charge in [-0.3, -0.25) is 4.79 Å². The maximum Gasteiger partial charge on any atom is 0.227 e. The minimum atomic E-state index is 0.210. The van der Waals surface area contributed by atoms with Gasteiger partial charge >= 0.3 is 0 Å². The van der Waals surface area contributed by atoms with Gasteiger partial charge in [0.15, 0.2) is 0 Å². The number of benzene rings is 1. The van der Waals surface area contributed by atoms with E-state index in [1.807, 2.05) is 19.2 Å². The predicted octanol–water partition coefficient (Wildman–Crippen LogP) is 3.99. The summed E-state index contributed by atoms with van der Waals surface area (Å²) in [7, 11) is 2.04. The van der Waals surface area contributed by atoms with Gasteiger partial charge in [0.1, 0.15) is 0 Å². The zero-order valence-corrected chi connectivity index (χ0v) is 15.9. The molecule has 0 atom stereocenters. The molecule has 1 aliphatic rings. The Morgan fingerprint density at radius 3 is 2.81 bits per heavy atom. The molecule has 0 radical (unpaired) electrons. The molecular weight excluding hydrogens is 344 g/mol. The van der Waals surface area contributed by atoms with Crippen molar-refractivity contribution in [2.24, 2.45) is 7.05 Å². The van der Waals surface area contributed by atoms with Gasteiger partial charge in [-0.2, -0.15) is 0 Å². The molecule has 0 spiro atoms. The summed E-state index contributed by atoms with van der Waals surface area (Å²) in [6.45, 7) is 2.19. The van der Waals surface area contributed by atoms with Crippen LogP contribution in [0.4, 0.5) is 0 Å². The van der Waals surface area contributed by atoms with Gasteiger partial charge in [0.25, 0.3) is 0 Å². The number of aromatic nitrogens is 1. The average Bonchev–Trinajstić information content (AvgIpc) is 3.29. The molecule has 3 aromatic rings. The number of nitrogens with zero attached hydrogens (tertiary/aromatic N) is 2. The first-order chi connectivity index (χ1) is 12.7. The second kappa shape index (κ2) is 7.64. The molecule has 2 aromatic heterocycles. The van der Waals surface area contributed by atoms with Crippen molar-refractivity contribution in [2.75, 3.05) is 13.2 Å². The van der Waals surface area contributed by atoms with Crippen LogP contribution in [0.5, 0.6) is 0 Å². The SMILES string of the molecule is Cn1cc(CC(=O)N(Cc2cccs2)C2CCOCC2)c2ccccc21. The van der Waals surface area contributed by atoms with E-state index in [9.17, 15) is 4.79 Å². The minimum Gasteiger partial charge on any atom is -0.381 e. The van der Waals surface area contributed by atoms with Crippen LogP contribution in [-0.4, -0.2) is 34.6 Å². The van der Waals surface area contributed by atoms with Gasteiger partial charge in [-0.15, -0.1) is 11.3 Å². The van der Waals surface area contributed by atoms with Crippen LogP contribution < -0.4 is 0 Å². The Balaban J connectivity index is 1.58. The summed E-state index contributed by atoms with van der Waals surface area (Å²) in [5, 5.41) is 3.25. The molecule has 3 heterocycles. The number of ether oxygens (including phenoxy) is 1. The van der Waals surface area contributed by atoms with Crippen LogP contribution in [0.15, 0.2) is 48.0 Å². The summed E-state index contributed by atoms with van der Waals surface area (Å²) >= 11 is 1.72. The number of para-hydroxylation sites is 1. The normalized spacial score (nSPS) is 15.4. The number of amides is 1. The fourth-order valence-electron chi connectivity index (χ4n) is 3.82. The molecule has 1 fully saturated rings. The third kappa shape index (κ3) is 3.55. The summed E-state index contributed by atoms with van der Waals surface area (Å²) in [6.07, 6.45) is 4.39. The lowest BCUT2D eigenvalue weighted by Crippen LogP contribution is -2.43. The fourth-order valence-corrected chi connectivity index (χ4v) is 4.52. The van der Waals surface area contributed by atoms with E-state index in [0.29, 0.717) is 13.0 Å². The van der Waals surface area contributed by atoms with E-state index in [1.54, 1.807) is 11.3 Å². The summed E-state index contributed by atoms with van der Waals surface area (Å²) in [5.41, 5.74) is 2.28. The largest absolute Gasteiger partial charge is 0.381 e. The molecule has 136 valence electrons. The molecule has 0 saturated carbocycles. The number of thiophene rings is 1. The van der Waals surface area contributed by atoms with Crippen molar-refractivity contribution in [1.29, 1.82) is 0 Å². The second-order valence-corrected chi connectivity index (χ2v) is 7.94. The number of carbonyl (C=O) groups excluding carboxylic acids is 1. The van der Waals surface area contributed by atoms with Gasteiger partial charge < -0.3 is 14.2 Å². The third-order valence-corrected chi connectivity index (χ3v) is 6.04. The molecule has 5 heteroatoms. The lowest BCUT2D eigenvalue weighted by atomic mass is 10.0. The molecule has 0 N–H and O–H groups in total. The number of hydrogen-bond donors (Lipinski definition) is 0. The van der Waals surface area contributed by atoms with Crippen molar-refractivity contribution in [3.05, 3.63) is 58.4 Å². The Bertz CT molecular complexity index is 879. The zero-order valence-electron chi connectivity index (χ0n) is 15.1. The number of hydrogen-bond acceptors (Lipinski definition) is 3. The number of carbonyl (C=O) groups is 1. The summed E-state index contributed by atoms with van der Waals surface area (Å²) in [6, 6.07) is 12.7. The Kier molecular flexibility index (Phi) is 5.09. The van der Waals surface area contributed by atoms with Gasteiger partial charge in [-0.1, -0.05) is 24.3 Å². The quantitative estimate of drug-likeness (QED) is 0.682. The summed E-state index contributed by atoms with van der Waals surface area (Å²) < 4.78 is 7.61. The van der Waals surface area contributed by atoms with Crippen molar-refractivity contribution < 1.29 is 9.53 Å². The summed E-state index contributed by atoms with van der Waals surface area (Å²) in [4.78, 5) is 16.6. The molecule has 26 heavy (non-hydrogen) atoms. The molecule has 0 aliphatic carbocycles. The van der Waals surface area contributed by atoms with Gasteiger partial charge in [0.2, 0.25) is 5.91 Å². The van der Waals surface area contributed by atoms with E-state index in [1.165, 1.54) is 15.8 Å². The first-order valence-corrected chi connectivity index (χ1v) is 10.0. The van der Waals surface area contributed by atoms with Crippen molar-refractivity contribution in [1.82, 2.24) is 9.47 Å². The Morgan fingerprint density at radius 1 is 1.23 bits per heavy atom. The predicted molar refractivity (Wildman–Crippen MR) is 105 cm³/mol. The highest BCUT2D eigenvalue weighted by molar-refractivity contribution is 7.09. The van der Waals surface area contributed by atoms with E-state index in [-0.39, 0.29) is 11.9 Å². The number of rotatable bonds is 5. The standard InChI is InChI=1S/C21H24N2O2S/c1-22-14-16(19-6-2-3-7-20(19)22)13-21(24)23(15-18-5-4-12-26-18)17-8-10-25-11-9-17/h2-7,12,14,17H,8-11,13,15H2,1H3. The minimum absolute atomic E-state index is 0.210. The number of fused-ring (bicyclic) bond motifs is 1. The smallest absolute Gasteiger partial charge is 0.227 e. The highest BCUT2D eigenvalue weighted by Crippen LogP contribution is 2.24. The Labute approximate surface area is 158 Å². The molecule has 4 nitrogen and oxygen atoms in total. The van der Waals surface area contributed by atoms with Crippen LogP contribution in [0.2, 0.25) is 0 Å². The fraction of sp³-hybridized carbons (Fsp3) is 0.381. The molecule has 1 aliphatic heterocycles. The molecule has 4 rings (SSSR count). The van der Waals surface area contributed by atoms with E-state index in [0.717, 1.165) is 31.6 Å². The van der Waals surface area contributed by atoms with Gasteiger partial charge in [-0.25, -0.2) is 0 Å². The van der Waals surface area contributed by atoms with E-state index in [4.69, 9.17) is 4.74 Å². The molecule has 0 unspecified atom stereocenters. The maximum atomic E-state index is 13.3. The van der Waals surface area contributed by atoms with Gasteiger partial charge in [0.05, 0.1) is 13.0 Å². The molecule has 1 saturated heterocycles. The van der Waals surface area contributed by atoms with Crippen LogP contribution in [0, 0.1) is 0 Å². The second-order valence-electron chi connectivity index (χ2n) is 6.90. The summed E-state index contributed by atoms with van der Waals surface area (Å²) in [5.74, 6) is 0.210. The third-order valence-electron chi connectivity index (χ3n) is 5.18. The van der Waals surface area contributed by atoms with Crippen LogP contribution in [0.3, 0.4) is 0 Å². The van der Waals surface area contributed by atoms with E-state index < -0.39 is 0 Å². The van der Waals surface area contributed by atoms with Crippen molar-refractivity contribution in [3.63, 3.8) is 0 Å². The molecule has 1 aromatic carbocycles.